The van der Waals surface area contributed by atoms with Crippen molar-refractivity contribution >= 4 is 40.2 Å². The maximum Gasteiger partial charge on any atom is 0.354 e. The Balaban J connectivity index is 1.61. The Morgan fingerprint density at radius 2 is 2.02 bits per heavy atom. The van der Waals surface area contributed by atoms with Gasteiger partial charge in [-0.2, -0.15) is 4.98 Å². The molecular weight excluding hydrogens is 611 g/mol. The van der Waals surface area contributed by atoms with Gasteiger partial charge in [0.2, 0.25) is 0 Å². The van der Waals surface area contributed by atoms with Crippen molar-refractivity contribution in [2.45, 2.75) is 69.4 Å². The normalized spacial score (nSPS) is 13.4. The summed E-state index contributed by atoms with van der Waals surface area (Å²) in [4.78, 5) is 26.0. The maximum atomic E-state index is 15.2. The largest absolute Gasteiger partial charge is 0.386 e. The molecule has 0 aliphatic heterocycles. The zero-order chi connectivity index (χ0) is 32.5. The van der Waals surface area contributed by atoms with Gasteiger partial charge in [0.1, 0.15) is 11.5 Å². The van der Waals surface area contributed by atoms with Crippen LogP contribution in [0, 0.1) is 5.82 Å². The Hall–Kier alpha value is -3.22. The van der Waals surface area contributed by atoms with Gasteiger partial charge >= 0.3 is 5.69 Å². The lowest BCUT2D eigenvalue weighted by Gasteiger charge is -2.22. The van der Waals surface area contributed by atoms with Crippen LogP contribution in [0.2, 0.25) is 5.02 Å². The van der Waals surface area contributed by atoms with E-state index in [1.807, 2.05) is 25.3 Å². The van der Waals surface area contributed by atoms with Crippen LogP contribution in [0.3, 0.4) is 0 Å². The number of fused-ring (bicyclic) bond motifs is 1. The molecule has 2 aromatic carbocycles. The lowest BCUT2D eigenvalue weighted by atomic mass is 10.0. The first kappa shape index (κ1) is 34.6. The van der Waals surface area contributed by atoms with E-state index in [-0.39, 0.29) is 23.7 Å². The number of nitrogens with zero attached hydrogens (tertiary/aromatic N) is 3. The first-order chi connectivity index (χ1) is 21.6. The average Bonchev–Trinajstić information content (AvgIpc) is 3.43. The molecule has 2 unspecified atom stereocenters. The summed E-state index contributed by atoms with van der Waals surface area (Å²) >= 11 is 7.91. The summed E-state index contributed by atoms with van der Waals surface area (Å²) in [6.45, 7) is 5.82. The molecule has 0 radical (unpaired) electrons. The molecule has 0 fully saturated rings. The Morgan fingerprint density at radius 3 is 2.73 bits per heavy atom. The zero-order valence-electron chi connectivity index (χ0n) is 26.2. The van der Waals surface area contributed by atoms with E-state index in [4.69, 9.17) is 28.8 Å². The van der Waals surface area contributed by atoms with Crippen LogP contribution in [0.5, 0.6) is 0 Å². The summed E-state index contributed by atoms with van der Waals surface area (Å²) < 4.78 is 16.7. The van der Waals surface area contributed by atoms with E-state index < -0.39 is 11.5 Å². The molecule has 12 heteroatoms. The van der Waals surface area contributed by atoms with Crippen molar-refractivity contribution in [1.29, 1.82) is 0 Å². The second kappa shape index (κ2) is 16.4. The molecular formula is C33H44ClFN8OS. The number of amidine groups is 1. The SMILES string of the molecule is CCCC(NCCCN=C(N)CN)c1ccc(-n2cc3cc(-c4cc(CCCC(C)N)cc(Cl)c4F)[nH]c3nc2=O)cc1SC. The number of aromatic amines is 1. The summed E-state index contributed by atoms with van der Waals surface area (Å²) in [7, 11) is 0. The van der Waals surface area contributed by atoms with E-state index in [1.54, 1.807) is 36.2 Å². The molecule has 0 amide bonds. The molecule has 242 valence electrons. The number of thioether (sulfide) groups is 1. The number of H-pyrrole nitrogens is 1. The van der Waals surface area contributed by atoms with Gasteiger partial charge in [0, 0.05) is 40.7 Å². The number of aryl methyl sites for hydroxylation is 1. The first-order valence-corrected chi connectivity index (χ1v) is 17.0. The van der Waals surface area contributed by atoms with Crippen molar-refractivity contribution in [3.05, 3.63) is 75.0 Å². The van der Waals surface area contributed by atoms with Gasteiger partial charge in [-0.25, -0.2) is 9.18 Å². The maximum absolute atomic E-state index is 15.2. The van der Waals surface area contributed by atoms with Crippen LogP contribution < -0.4 is 28.2 Å². The zero-order valence-corrected chi connectivity index (χ0v) is 27.8. The average molecular weight is 655 g/mol. The van der Waals surface area contributed by atoms with E-state index in [0.717, 1.165) is 55.5 Å². The summed E-state index contributed by atoms with van der Waals surface area (Å²) in [6.07, 6.45) is 9.08. The highest BCUT2D eigenvalue weighted by molar-refractivity contribution is 7.98. The molecule has 0 bridgehead atoms. The van der Waals surface area contributed by atoms with Crippen molar-refractivity contribution in [2.75, 3.05) is 25.9 Å². The molecule has 4 aromatic rings. The van der Waals surface area contributed by atoms with Gasteiger partial charge in [-0.3, -0.25) is 9.56 Å². The fraction of sp³-hybridized carbons (Fsp3) is 0.424. The minimum absolute atomic E-state index is 0.0554. The fourth-order valence-corrected chi connectivity index (χ4v) is 6.30. The predicted molar refractivity (Wildman–Crippen MR) is 186 cm³/mol. The minimum Gasteiger partial charge on any atom is -0.386 e. The topological polar surface area (TPSA) is 153 Å². The van der Waals surface area contributed by atoms with Crippen molar-refractivity contribution in [3.63, 3.8) is 0 Å². The molecule has 0 saturated carbocycles. The van der Waals surface area contributed by atoms with Gasteiger partial charge in [-0.15, -0.1) is 11.8 Å². The van der Waals surface area contributed by atoms with Gasteiger partial charge in [0.15, 0.2) is 5.82 Å². The van der Waals surface area contributed by atoms with Crippen LogP contribution in [0.4, 0.5) is 4.39 Å². The van der Waals surface area contributed by atoms with E-state index in [9.17, 15) is 4.79 Å². The number of nitrogens with two attached hydrogens (primary N) is 3. The number of hydrogen-bond acceptors (Lipinski definition) is 7. The molecule has 0 aliphatic rings. The minimum atomic E-state index is -0.516. The van der Waals surface area contributed by atoms with Gasteiger partial charge in [0.05, 0.1) is 22.9 Å². The molecule has 0 aliphatic carbocycles. The van der Waals surface area contributed by atoms with E-state index >= 15 is 4.39 Å². The molecule has 2 aromatic heterocycles. The quantitative estimate of drug-likeness (QED) is 0.0449. The standard InChI is InChI=1S/C33H44ClFN8OS/c1-4-7-27(39-12-6-13-40-30(38)18-36)24-11-10-23(17-29(24)45-3)43-19-22-16-28(41-32(22)42-33(43)44)25-14-21(9-5-8-20(2)37)15-26(34)31(25)35/h10-11,14-17,19-20,27,39H,4-9,12-13,18,36-37H2,1-3H3,(H2,38,40)(H,41,42,44). The lowest BCUT2D eigenvalue weighted by Crippen LogP contribution is -2.25. The highest BCUT2D eigenvalue weighted by Gasteiger charge is 2.18. The Kier molecular flexibility index (Phi) is 12.6. The van der Waals surface area contributed by atoms with Crippen molar-refractivity contribution in [2.24, 2.45) is 22.2 Å². The monoisotopic (exact) mass is 654 g/mol. The molecule has 0 saturated heterocycles. The Bertz CT molecular complexity index is 1690. The van der Waals surface area contributed by atoms with Crippen molar-refractivity contribution in [3.8, 4) is 16.9 Å². The third kappa shape index (κ3) is 8.95. The number of benzene rings is 2. The highest BCUT2D eigenvalue weighted by atomic mass is 35.5. The molecule has 4 rings (SSSR count). The van der Waals surface area contributed by atoms with Crippen LogP contribution in [-0.2, 0) is 6.42 Å². The first-order valence-electron chi connectivity index (χ1n) is 15.4. The second-order valence-electron chi connectivity index (χ2n) is 11.3. The van der Waals surface area contributed by atoms with Crippen LogP contribution in [0.1, 0.15) is 63.1 Å². The third-order valence-corrected chi connectivity index (χ3v) is 8.78. The van der Waals surface area contributed by atoms with Crippen LogP contribution >= 0.6 is 23.4 Å². The van der Waals surface area contributed by atoms with Gasteiger partial charge < -0.3 is 27.5 Å². The van der Waals surface area contributed by atoms with Crippen LogP contribution in [0.25, 0.3) is 28.0 Å². The molecule has 45 heavy (non-hydrogen) atoms. The number of nitrogens with one attached hydrogen (secondary N) is 2. The molecule has 2 atom stereocenters. The van der Waals surface area contributed by atoms with E-state index in [2.05, 4.69) is 33.3 Å². The highest BCUT2D eigenvalue weighted by Crippen LogP contribution is 2.33. The number of halogens is 2. The second-order valence-corrected chi connectivity index (χ2v) is 12.6. The smallest absolute Gasteiger partial charge is 0.354 e. The summed E-state index contributed by atoms with van der Waals surface area (Å²) in [5.74, 6) is -0.0501. The van der Waals surface area contributed by atoms with E-state index in [0.29, 0.717) is 40.4 Å². The molecule has 8 N–H and O–H groups in total. The predicted octanol–water partition coefficient (Wildman–Crippen LogP) is 5.70. The Morgan fingerprint density at radius 1 is 1.22 bits per heavy atom. The number of aliphatic imine (C=N–C) groups is 1. The van der Waals surface area contributed by atoms with Crippen LogP contribution in [0.15, 0.2) is 57.3 Å². The van der Waals surface area contributed by atoms with Gasteiger partial charge in [-0.1, -0.05) is 31.0 Å². The Labute approximate surface area is 273 Å². The molecule has 0 spiro atoms. The van der Waals surface area contributed by atoms with Gasteiger partial charge in [0.25, 0.3) is 0 Å². The van der Waals surface area contributed by atoms with Crippen LogP contribution in [-0.4, -0.2) is 52.3 Å². The summed E-state index contributed by atoms with van der Waals surface area (Å²) in [6, 6.07) is 11.6. The van der Waals surface area contributed by atoms with E-state index in [1.165, 1.54) is 10.1 Å². The molecule has 2 heterocycles. The third-order valence-electron chi connectivity index (χ3n) is 7.71. The number of aromatic nitrogens is 3. The lowest BCUT2D eigenvalue weighted by molar-refractivity contribution is 0.484. The molecule has 9 nitrogen and oxygen atoms in total. The number of rotatable bonds is 16. The fourth-order valence-electron chi connectivity index (χ4n) is 5.37. The number of hydrogen-bond donors (Lipinski definition) is 5. The summed E-state index contributed by atoms with van der Waals surface area (Å²) in [5, 5.41) is 4.40. The summed E-state index contributed by atoms with van der Waals surface area (Å²) in [5.41, 5.74) is 20.7. The van der Waals surface area contributed by atoms with Crippen molar-refractivity contribution < 1.29 is 4.39 Å². The van der Waals surface area contributed by atoms with Crippen molar-refractivity contribution in [1.82, 2.24) is 19.9 Å². The van der Waals surface area contributed by atoms with Gasteiger partial charge in [-0.05, 0) is 93.3 Å².